The van der Waals surface area contributed by atoms with Gasteiger partial charge in [-0.1, -0.05) is 115 Å². The van der Waals surface area contributed by atoms with E-state index in [9.17, 15) is 0 Å². The van der Waals surface area contributed by atoms with Crippen LogP contribution in [0.2, 0.25) is 17.3 Å². The number of fused-ring (bicyclic) bond motifs is 3. The topological polar surface area (TPSA) is 38.9 Å². The molecule has 7 aromatic carbocycles. The summed E-state index contributed by atoms with van der Waals surface area (Å²) in [4.78, 5) is 9.27. The number of furan rings is 1. The van der Waals surface area contributed by atoms with Crippen LogP contribution in [0.4, 0.5) is 0 Å². The molecule has 5 heteroatoms. The summed E-state index contributed by atoms with van der Waals surface area (Å²) in [6.07, 6.45) is 3.83. The van der Waals surface area contributed by atoms with Gasteiger partial charge < -0.3 is 9.40 Å². The van der Waals surface area contributed by atoms with Crippen molar-refractivity contribution < 1.29 is 25.9 Å². The van der Waals surface area contributed by atoms with E-state index in [2.05, 4.69) is 161 Å². The van der Waals surface area contributed by atoms with E-state index in [0.29, 0.717) is 0 Å². The maximum absolute atomic E-state index is 9.09. The number of nitrogens with zero attached hydrogens (tertiary/aromatic N) is 2. The van der Waals surface area contributed by atoms with E-state index in [-0.39, 0.29) is 20.1 Å². The molecule has 0 aliphatic rings. The molecule has 0 spiro atoms. The van der Waals surface area contributed by atoms with Crippen molar-refractivity contribution >= 4 is 39.6 Å². The largest absolute Gasteiger partial charge is 0 e. The molecule has 62 heavy (non-hydrogen) atoms. The second-order valence-corrected chi connectivity index (χ2v) is 27.0. The molecule has 0 amide bonds. The minimum absolute atomic E-state index is 0. The third kappa shape index (κ3) is 9.34. The van der Waals surface area contributed by atoms with Gasteiger partial charge in [-0.2, -0.15) is 0 Å². The smallest absolute Gasteiger partial charge is 0 e. The minimum atomic E-state index is -1.78. The van der Waals surface area contributed by atoms with Gasteiger partial charge >= 0.3 is 135 Å². The van der Waals surface area contributed by atoms with Gasteiger partial charge in [0.1, 0.15) is 5.58 Å². The molecule has 0 saturated carbocycles. The summed E-state index contributed by atoms with van der Waals surface area (Å²) in [5.41, 5.74) is 14.2. The number of aromatic nitrogens is 2. The Bertz CT molecular complexity index is 3110. The Labute approximate surface area is 382 Å². The average molecular weight is 1040 g/mol. The van der Waals surface area contributed by atoms with Crippen molar-refractivity contribution in [3.05, 3.63) is 224 Å². The van der Waals surface area contributed by atoms with E-state index in [0.717, 1.165) is 61.1 Å². The van der Waals surface area contributed by atoms with E-state index < -0.39 is 19.2 Å². The fourth-order valence-electron chi connectivity index (χ4n) is 7.70. The number of hydrogen-bond donors (Lipinski definition) is 0. The molecule has 10 aromatic rings. The van der Waals surface area contributed by atoms with Crippen LogP contribution >= 0.6 is 0 Å². The van der Waals surface area contributed by atoms with E-state index in [1.165, 1.54) is 32.2 Å². The minimum Gasteiger partial charge on any atom is 0 e. The zero-order valence-corrected chi connectivity index (χ0v) is 39.7. The van der Waals surface area contributed by atoms with Crippen molar-refractivity contribution in [2.75, 3.05) is 0 Å². The summed E-state index contributed by atoms with van der Waals surface area (Å²) in [7, 11) is 0. The molecule has 0 fully saturated rings. The van der Waals surface area contributed by atoms with Crippen molar-refractivity contribution in [2.24, 2.45) is 0 Å². The second kappa shape index (κ2) is 18.8. The van der Waals surface area contributed by atoms with Gasteiger partial charge in [0.25, 0.3) is 0 Å². The summed E-state index contributed by atoms with van der Waals surface area (Å²) in [5, 5.41) is 2.08. The van der Waals surface area contributed by atoms with Crippen LogP contribution in [0.15, 0.2) is 205 Å². The first kappa shape index (κ1) is 41.2. The molecule has 305 valence electrons. The standard InChI is InChI=1S/C37H26NO.C20H20GeN.Ir/c1-25(26-10-4-2-5-11-26)28-20-21-38-35(23-28)30-17-19-36-34(22-30)33-18-16-29(24-37(33)39-36)32-15-9-8-14-31(32)27-12-6-3-7-13-27;1-21(2,3)19-13-14-20(22-15-19)18-11-9-17(10-12-18)16-7-5-4-6-8-16;/h2-16,18-25H,1H3;4-11,13-15H,1-3H3;/q2*-1;/i25D;;. The fraction of sp³-hybridized carbons (Fsp3) is 0.0877. The summed E-state index contributed by atoms with van der Waals surface area (Å²) < 4.78 is 16.8. The molecular formula is C57H46GeIrN2O-2. The van der Waals surface area contributed by atoms with Crippen LogP contribution < -0.4 is 4.40 Å². The van der Waals surface area contributed by atoms with Gasteiger partial charge in [-0.3, -0.25) is 0 Å². The molecule has 3 aromatic heterocycles. The van der Waals surface area contributed by atoms with Crippen LogP contribution in [-0.4, -0.2) is 23.2 Å². The van der Waals surface area contributed by atoms with Gasteiger partial charge in [-0.25, -0.2) is 0 Å². The molecule has 0 aliphatic carbocycles. The molecule has 3 heterocycles. The van der Waals surface area contributed by atoms with Gasteiger partial charge in [-0.05, 0) is 51.2 Å². The fourth-order valence-corrected chi connectivity index (χ4v) is 9.87. The van der Waals surface area contributed by atoms with Crippen LogP contribution in [0, 0.1) is 12.1 Å². The van der Waals surface area contributed by atoms with Crippen LogP contribution in [0.5, 0.6) is 0 Å². The molecule has 0 bridgehead atoms. The first-order chi connectivity index (χ1) is 30.1. The normalized spacial score (nSPS) is 12.4. The number of benzene rings is 7. The third-order valence-corrected chi connectivity index (χ3v) is 15.5. The van der Waals surface area contributed by atoms with E-state index >= 15 is 0 Å². The number of hydrogen-bond acceptors (Lipinski definition) is 3. The SMILES string of the molecule is [2H]C(C)(c1ccccc1)c1ccnc(-c2[c-]cc3oc4cc(-c5ccccc5-c5ccccc5)ccc4c3c2)c1.[CH3][Ge]([CH3])([CH3])[c]1ccc(-c2[c-]cc(-c3ccccc3)cc2)nc1.[Ir]. The van der Waals surface area contributed by atoms with Crippen molar-refractivity contribution in [3.8, 4) is 55.9 Å². The zero-order chi connectivity index (χ0) is 42.7. The van der Waals surface area contributed by atoms with E-state index in [4.69, 9.17) is 5.79 Å². The van der Waals surface area contributed by atoms with Gasteiger partial charge in [-0.15, -0.1) is 23.8 Å². The zero-order valence-electron chi connectivity index (χ0n) is 36.2. The Hall–Kier alpha value is -6.17. The van der Waals surface area contributed by atoms with Crippen LogP contribution in [0.25, 0.3) is 77.8 Å². The molecular weight excluding hydrogens is 993 g/mol. The first-order valence-corrected chi connectivity index (χ1v) is 28.1. The number of rotatable bonds is 8. The van der Waals surface area contributed by atoms with E-state index in [1.807, 2.05) is 79.9 Å². The Morgan fingerprint density at radius 3 is 1.82 bits per heavy atom. The van der Waals surface area contributed by atoms with Crippen molar-refractivity contribution in [3.63, 3.8) is 0 Å². The summed E-state index contributed by atoms with van der Waals surface area (Å²) in [6, 6.07) is 70.9. The maximum atomic E-state index is 9.09. The van der Waals surface area contributed by atoms with Crippen LogP contribution in [0.1, 0.15) is 25.3 Å². The van der Waals surface area contributed by atoms with Crippen molar-refractivity contribution in [1.82, 2.24) is 9.97 Å². The molecule has 1 unspecified atom stereocenters. The monoisotopic (exact) mass is 1040 g/mol. The molecule has 0 N–H and O–H groups in total. The summed E-state index contributed by atoms with van der Waals surface area (Å²) >= 11 is -1.78. The molecule has 10 rings (SSSR count). The van der Waals surface area contributed by atoms with Crippen molar-refractivity contribution in [2.45, 2.75) is 30.1 Å². The van der Waals surface area contributed by atoms with Gasteiger partial charge in [0.05, 0.1) is 5.58 Å². The average Bonchev–Trinajstić information content (AvgIpc) is 3.70. The van der Waals surface area contributed by atoms with Gasteiger partial charge in [0.2, 0.25) is 0 Å². The Morgan fingerprint density at radius 1 is 0.516 bits per heavy atom. The summed E-state index contributed by atoms with van der Waals surface area (Å²) in [6.45, 7) is 1.92. The Balaban J connectivity index is 0.000000201. The third-order valence-electron chi connectivity index (χ3n) is 11.2. The molecule has 1 atom stereocenters. The molecule has 3 nitrogen and oxygen atoms in total. The predicted molar refractivity (Wildman–Crippen MR) is 258 cm³/mol. The Morgan fingerprint density at radius 2 is 1.16 bits per heavy atom. The van der Waals surface area contributed by atoms with Crippen LogP contribution in [-0.2, 0) is 20.1 Å². The maximum Gasteiger partial charge on any atom is 0 e. The van der Waals surface area contributed by atoms with Gasteiger partial charge in [0, 0.05) is 39.0 Å². The molecule has 0 aliphatic heterocycles. The predicted octanol–water partition coefficient (Wildman–Crippen LogP) is 14.7. The summed E-state index contributed by atoms with van der Waals surface area (Å²) in [5.74, 6) is 6.27. The first-order valence-electron chi connectivity index (χ1n) is 21.2. The number of pyridine rings is 2. The Kier molecular flexibility index (Phi) is 12.5. The van der Waals surface area contributed by atoms with E-state index in [1.54, 1.807) is 6.20 Å². The molecule has 1 radical (unpaired) electrons. The quantitative estimate of drug-likeness (QED) is 0.112. The second-order valence-electron chi connectivity index (χ2n) is 16.3. The van der Waals surface area contributed by atoms with Gasteiger partial charge in [0.15, 0.2) is 0 Å². The van der Waals surface area contributed by atoms with Crippen molar-refractivity contribution in [1.29, 1.82) is 0 Å². The van der Waals surface area contributed by atoms with Crippen LogP contribution in [0.3, 0.4) is 0 Å². The molecule has 0 saturated heterocycles.